The van der Waals surface area contributed by atoms with E-state index >= 15 is 0 Å². The van der Waals surface area contributed by atoms with Crippen molar-refractivity contribution in [1.29, 1.82) is 0 Å². The minimum atomic E-state index is -3.63. The van der Waals surface area contributed by atoms with Crippen LogP contribution >= 0.6 is 0 Å². The second kappa shape index (κ2) is 6.60. The van der Waals surface area contributed by atoms with Gasteiger partial charge >= 0.3 is 0 Å². The van der Waals surface area contributed by atoms with E-state index in [4.69, 9.17) is 0 Å². The average molecular weight is 392 g/mol. The van der Waals surface area contributed by atoms with Crippen molar-refractivity contribution in [2.45, 2.75) is 4.90 Å². The van der Waals surface area contributed by atoms with Gasteiger partial charge in [0.2, 0.25) is 15.5 Å². The molecule has 1 aliphatic carbocycles. The van der Waals surface area contributed by atoms with Gasteiger partial charge in [0.05, 0.1) is 9.80 Å². The van der Waals surface area contributed by atoms with Crippen molar-refractivity contribution in [3.05, 3.63) is 88.4 Å². The van der Waals surface area contributed by atoms with Gasteiger partial charge in [0.15, 0.2) is 0 Å². The van der Waals surface area contributed by atoms with Crippen LogP contribution < -0.4 is 4.90 Å². The highest BCUT2D eigenvalue weighted by Gasteiger charge is 2.36. The Morgan fingerprint density at radius 3 is 2.29 bits per heavy atom. The molecule has 4 nitrogen and oxygen atoms in total. The molecule has 2 aromatic rings. The number of hydrogen-bond acceptors (Lipinski definition) is 3. The summed E-state index contributed by atoms with van der Waals surface area (Å²) in [5.41, 5.74) is 5.19. The van der Waals surface area contributed by atoms with Crippen molar-refractivity contribution >= 4 is 26.8 Å². The van der Waals surface area contributed by atoms with Crippen molar-refractivity contribution in [3.63, 3.8) is 0 Å². The number of anilines is 1. The zero-order valence-corrected chi connectivity index (χ0v) is 17.3. The van der Waals surface area contributed by atoms with Gasteiger partial charge in [-0.2, -0.15) is 0 Å². The van der Waals surface area contributed by atoms with Gasteiger partial charge in [-0.05, 0) is 29.3 Å². The quantitative estimate of drug-likeness (QED) is 0.736. The zero-order valence-electron chi connectivity index (χ0n) is 16.5. The highest BCUT2D eigenvalue weighted by molar-refractivity contribution is 7.95. The molecule has 0 saturated heterocycles. The maximum Gasteiger partial charge on any atom is 0.208 e. The second-order valence-corrected chi connectivity index (χ2v) is 9.28. The smallest absolute Gasteiger partial charge is 0.208 e. The Kier molecular flexibility index (Phi) is 4.35. The first kappa shape index (κ1) is 18.4. The number of benzene rings is 2. The summed E-state index contributed by atoms with van der Waals surface area (Å²) in [7, 11) is 4.03. The molecule has 2 aliphatic rings. The van der Waals surface area contributed by atoms with E-state index in [2.05, 4.69) is 0 Å². The molecular formula is C23H23N2O2S+. The molecular weight excluding hydrogens is 368 g/mol. The molecule has 142 valence electrons. The number of nitrogens with zero attached hydrogens (tertiary/aromatic N) is 2. The Morgan fingerprint density at radius 1 is 0.929 bits per heavy atom. The summed E-state index contributed by atoms with van der Waals surface area (Å²) in [5, 5.41) is 0. The zero-order chi connectivity index (χ0) is 20.1. The van der Waals surface area contributed by atoms with Crippen LogP contribution in [0.25, 0.3) is 5.57 Å². The molecule has 0 unspecified atom stereocenters. The molecule has 2 aromatic carbocycles. The summed E-state index contributed by atoms with van der Waals surface area (Å²) < 4.78 is 29.1. The fourth-order valence-electron chi connectivity index (χ4n) is 3.62. The normalized spacial score (nSPS) is 17.0. The van der Waals surface area contributed by atoms with E-state index in [-0.39, 0.29) is 0 Å². The van der Waals surface area contributed by atoms with Gasteiger partial charge in [0.25, 0.3) is 0 Å². The van der Waals surface area contributed by atoms with Crippen LogP contribution in [-0.4, -0.2) is 46.9 Å². The molecule has 0 bridgehead atoms. The van der Waals surface area contributed by atoms with Gasteiger partial charge in [-0.1, -0.05) is 36.4 Å². The molecule has 0 atom stereocenters. The maximum atomic E-state index is 13.6. The van der Waals surface area contributed by atoms with E-state index in [9.17, 15) is 8.42 Å². The summed E-state index contributed by atoms with van der Waals surface area (Å²) in [6.07, 6.45) is 5.67. The first-order valence-electron chi connectivity index (χ1n) is 9.11. The average Bonchev–Trinajstić information content (AvgIpc) is 2.68. The molecule has 0 fully saturated rings. The van der Waals surface area contributed by atoms with E-state index in [1.54, 1.807) is 12.1 Å². The van der Waals surface area contributed by atoms with Gasteiger partial charge in [-0.3, -0.25) is 0 Å². The summed E-state index contributed by atoms with van der Waals surface area (Å²) in [4.78, 5) is 2.64. The van der Waals surface area contributed by atoms with Crippen LogP contribution in [0.3, 0.4) is 0 Å². The standard InChI is InChI=1S/C23H23N2O2S/c1-24(2)17-10-12-19-21(14-17)28(26,27)22-15-18(25(3)4)11-13-20(22)23(19)16-8-6-5-7-9-16/h5-15H,1-4H3/q+1. The first-order valence-corrected chi connectivity index (χ1v) is 10.6. The number of allylic oxidation sites excluding steroid dienone is 4. The third-order valence-electron chi connectivity index (χ3n) is 5.14. The monoisotopic (exact) mass is 391 g/mol. The van der Waals surface area contributed by atoms with Crippen molar-refractivity contribution in [3.8, 4) is 0 Å². The SMILES string of the molecule is CN(C)c1ccc2c(c1)S(=O)(=O)C1=CC(=[N+](C)C)C=CC1=C2c1ccccc1. The van der Waals surface area contributed by atoms with Crippen molar-refractivity contribution in [2.24, 2.45) is 0 Å². The lowest BCUT2D eigenvalue weighted by Gasteiger charge is -2.27. The fraction of sp³-hybridized carbons (Fsp3) is 0.174. The van der Waals surface area contributed by atoms with Crippen molar-refractivity contribution in [1.82, 2.24) is 0 Å². The predicted molar refractivity (Wildman–Crippen MR) is 115 cm³/mol. The Morgan fingerprint density at radius 2 is 1.64 bits per heavy atom. The summed E-state index contributed by atoms with van der Waals surface area (Å²) >= 11 is 0. The van der Waals surface area contributed by atoms with Crippen LogP contribution in [0.15, 0.2) is 82.1 Å². The van der Waals surface area contributed by atoms with E-state index in [0.29, 0.717) is 9.80 Å². The summed E-state index contributed by atoms with van der Waals surface area (Å²) in [6, 6.07) is 15.7. The Balaban J connectivity index is 2.12. The highest BCUT2D eigenvalue weighted by atomic mass is 32.2. The number of rotatable bonds is 2. The van der Waals surface area contributed by atoms with E-state index < -0.39 is 9.84 Å². The lowest BCUT2D eigenvalue weighted by Crippen LogP contribution is -2.22. The highest BCUT2D eigenvalue weighted by Crippen LogP contribution is 2.45. The largest absolute Gasteiger partial charge is 0.378 e. The van der Waals surface area contributed by atoms with Crippen LogP contribution in [0.5, 0.6) is 0 Å². The van der Waals surface area contributed by atoms with Gasteiger partial charge in [-0.15, -0.1) is 0 Å². The Hall–Kier alpha value is -2.92. The molecule has 28 heavy (non-hydrogen) atoms. The topological polar surface area (TPSA) is 40.4 Å². The molecule has 0 aromatic heterocycles. The van der Waals surface area contributed by atoms with Crippen LogP contribution in [-0.2, 0) is 9.84 Å². The number of fused-ring (bicyclic) bond motifs is 2. The molecule has 0 amide bonds. The molecule has 0 saturated carbocycles. The van der Waals surface area contributed by atoms with Gasteiger partial charge in [0, 0.05) is 43.1 Å². The molecule has 4 rings (SSSR count). The van der Waals surface area contributed by atoms with E-state index in [0.717, 1.165) is 33.7 Å². The fourth-order valence-corrected chi connectivity index (χ4v) is 5.32. The van der Waals surface area contributed by atoms with Crippen molar-refractivity contribution < 1.29 is 13.0 Å². The van der Waals surface area contributed by atoms with Gasteiger partial charge in [0.1, 0.15) is 14.1 Å². The Bertz CT molecular complexity index is 1190. The minimum Gasteiger partial charge on any atom is -0.378 e. The molecule has 0 N–H and O–H groups in total. The molecule has 5 heteroatoms. The first-order chi connectivity index (χ1) is 13.3. The number of hydrogen-bond donors (Lipinski definition) is 0. The molecule has 1 heterocycles. The molecule has 1 aliphatic heterocycles. The molecule has 0 spiro atoms. The lowest BCUT2D eigenvalue weighted by atomic mass is 9.90. The molecule has 0 radical (unpaired) electrons. The van der Waals surface area contributed by atoms with Crippen molar-refractivity contribution in [2.75, 3.05) is 33.1 Å². The minimum absolute atomic E-state index is 0.362. The second-order valence-electron chi connectivity index (χ2n) is 7.39. The van der Waals surface area contributed by atoms with Crippen LogP contribution in [0.4, 0.5) is 5.69 Å². The third kappa shape index (κ3) is 2.83. The van der Waals surface area contributed by atoms with Crippen LogP contribution in [0.2, 0.25) is 0 Å². The van der Waals surface area contributed by atoms with Gasteiger partial charge in [-0.25, -0.2) is 13.0 Å². The summed E-state index contributed by atoms with van der Waals surface area (Å²) in [6.45, 7) is 0. The maximum absolute atomic E-state index is 13.6. The predicted octanol–water partition coefficient (Wildman–Crippen LogP) is 3.51. The third-order valence-corrected chi connectivity index (χ3v) is 6.98. The number of sulfone groups is 1. The van der Waals surface area contributed by atoms with Gasteiger partial charge < -0.3 is 4.90 Å². The Labute approximate surface area is 166 Å². The lowest BCUT2D eigenvalue weighted by molar-refractivity contribution is -0.462. The van der Waals surface area contributed by atoms with E-state index in [1.807, 2.05) is 92.3 Å². The summed E-state index contributed by atoms with van der Waals surface area (Å²) in [5.74, 6) is 0. The van der Waals surface area contributed by atoms with Crippen LogP contribution in [0.1, 0.15) is 11.1 Å². The van der Waals surface area contributed by atoms with Crippen LogP contribution in [0, 0.1) is 0 Å². The van der Waals surface area contributed by atoms with E-state index in [1.165, 1.54) is 0 Å².